The minimum Gasteiger partial charge on any atom is -0.478 e. The van der Waals surface area contributed by atoms with Crippen molar-refractivity contribution < 1.29 is 19.4 Å². The van der Waals surface area contributed by atoms with Crippen LogP contribution in [0.2, 0.25) is 0 Å². The predicted molar refractivity (Wildman–Crippen MR) is 77.0 cm³/mol. The van der Waals surface area contributed by atoms with Crippen LogP contribution >= 0.6 is 22.6 Å². The summed E-state index contributed by atoms with van der Waals surface area (Å²) in [6, 6.07) is 5.25. The molecular formula is C13H9IN2O4. The zero-order valence-corrected chi connectivity index (χ0v) is 12.3. The lowest BCUT2D eigenvalue weighted by Gasteiger charge is -2.07. The number of halogens is 1. The lowest BCUT2D eigenvalue weighted by atomic mass is 10.1. The summed E-state index contributed by atoms with van der Waals surface area (Å²) in [5.74, 6) is 0.577. The minimum absolute atomic E-state index is 0.371. The number of aromatic nitrogens is 2. The van der Waals surface area contributed by atoms with Gasteiger partial charge >= 0.3 is 5.97 Å². The highest BCUT2D eigenvalue weighted by atomic mass is 127. The number of nitrogens with zero attached hydrogens (tertiary/aromatic N) is 2. The van der Waals surface area contributed by atoms with Gasteiger partial charge in [0.05, 0.1) is 3.57 Å². The van der Waals surface area contributed by atoms with E-state index in [9.17, 15) is 4.79 Å². The first kappa shape index (κ1) is 13.1. The molecule has 20 heavy (non-hydrogen) atoms. The minimum atomic E-state index is -0.964. The first-order chi connectivity index (χ1) is 9.63. The SMILES string of the molecule is O=C(O)C1Cc2ccc(Oc3ncncc3I)cc2O1. The van der Waals surface area contributed by atoms with Crippen molar-refractivity contribution >= 4 is 28.6 Å². The van der Waals surface area contributed by atoms with Gasteiger partial charge in [-0.25, -0.2) is 14.8 Å². The van der Waals surface area contributed by atoms with Gasteiger partial charge in [-0.15, -0.1) is 0 Å². The third-order valence-electron chi connectivity index (χ3n) is 2.84. The third kappa shape index (κ3) is 2.53. The summed E-state index contributed by atoms with van der Waals surface area (Å²) in [4.78, 5) is 18.8. The van der Waals surface area contributed by atoms with Crippen LogP contribution in [0.3, 0.4) is 0 Å². The molecule has 0 amide bonds. The van der Waals surface area contributed by atoms with E-state index in [1.807, 2.05) is 6.07 Å². The Labute approximate surface area is 127 Å². The molecule has 1 N–H and O–H groups in total. The Morgan fingerprint density at radius 1 is 1.50 bits per heavy atom. The van der Waals surface area contributed by atoms with Crippen LogP contribution in [0.1, 0.15) is 5.56 Å². The van der Waals surface area contributed by atoms with Gasteiger partial charge in [0, 0.05) is 18.7 Å². The summed E-state index contributed by atoms with van der Waals surface area (Å²) in [7, 11) is 0. The normalized spacial score (nSPS) is 16.4. The van der Waals surface area contributed by atoms with Gasteiger partial charge < -0.3 is 14.6 Å². The number of ether oxygens (including phenoxy) is 2. The summed E-state index contributed by atoms with van der Waals surface area (Å²) in [6.07, 6.45) is 2.60. The number of aliphatic carboxylic acids is 1. The molecule has 0 aliphatic carbocycles. The molecule has 102 valence electrons. The summed E-state index contributed by atoms with van der Waals surface area (Å²) in [5.41, 5.74) is 0.863. The number of hydrogen-bond acceptors (Lipinski definition) is 5. The van der Waals surface area contributed by atoms with Gasteiger partial charge in [-0.1, -0.05) is 6.07 Å². The molecule has 0 saturated heterocycles. The Hall–Kier alpha value is -1.90. The molecule has 0 saturated carbocycles. The molecule has 0 fully saturated rings. The number of benzene rings is 1. The molecule has 1 aliphatic heterocycles. The summed E-state index contributed by atoms with van der Waals surface area (Å²) in [5, 5.41) is 8.95. The fourth-order valence-electron chi connectivity index (χ4n) is 1.90. The topological polar surface area (TPSA) is 81.5 Å². The van der Waals surface area contributed by atoms with E-state index in [0.717, 1.165) is 9.13 Å². The number of carbonyl (C=O) groups is 1. The first-order valence-electron chi connectivity index (χ1n) is 5.79. The van der Waals surface area contributed by atoms with Crippen molar-refractivity contribution in [2.24, 2.45) is 0 Å². The van der Waals surface area contributed by atoms with E-state index < -0.39 is 12.1 Å². The monoisotopic (exact) mass is 384 g/mol. The molecule has 0 radical (unpaired) electrons. The largest absolute Gasteiger partial charge is 0.478 e. The average molecular weight is 384 g/mol. The summed E-state index contributed by atoms with van der Waals surface area (Å²) < 4.78 is 11.8. The Balaban J connectivity index is 1.83. The van der Waals surface area contributed by atoms with E-state index in [4.69, 9.17) is 14.6 Å². The van der Waals surface area contributed by atoms with Crippen molar-refractivity contribution in [2.75, 3.05) is 0 Å². The Bertz CT molecular complexity index is 677. The molecule has 2 heterocycles. The zero-order chi connectivity index (χ0) is 14.1. The number of hydrogen-bond donors (Lipinski definition) is 1. The smallest absolute Gasteiger partial charge is 0.345 e. The molecule has 0 bridgehead atoms. The van der Waals surface area contributed by atoms with Gasteiger partial charge in [0.1, 0.15) is 17.8 Å². The van der Waals surface area contributed by atoms with E-state index in [0.29, 0.717) is 23.8 Å². The molecule has 7 heteroatoms. The van der Waals surface area contributed by atoms with E-state index in [1.165, 1.54) is 6.33 Å². The molecule has 1 unspecified atom stereocenters. The van der Waals surface area contributed by atoms with Gasteiger partial charge in [0.25, 0.3) is 0 Å². The van der Waals surface area contributed by atoms with Crippen molar-refractivity contribution in [1.29, 1.82) is 0 Å². The fourth-order valence-corrected chi connectivity index (χ4v) is 2.31. The van der Waals surface area contributed by atoms with Crippen molar-refractivity contribution in [2.45, 2.75) is 12.5 Å². The van der Waals surface area contributed by atoms with Gasteiger partial charge in [-0.3, -0.25) is 0 Å². The molecule has 1 atom stereocenters. The van der Waals surface area contributed by atoms with Crippen molar-refractivity contribution in [3.05, 3.63) is 39.9 Å². The highest BCUT2D eigenvalue weighted by Crippen LogP contribution is 2.34. The van der Waals surface area contributed by atoms with Crippen LogP contribution in [-0.2, 0) is 11.2 Å². The standard InChI is InChI=1S/C13H9IN2O4/c14-9-5-15-6-16-12(9)19-8-2-1-7-3-11(13(17)18)20-10(7)4-8/h1-2,4-6,11H,3H2,(H,17,18). The molecule has 1 aliphatic rings. The predicted octanol–water partition coefficient (Wildman–Crippen LogP) is 2.26. The zero-order valence-electron chi connectivity index (χ0n) is 10.1. The van der Waals surface area contributed by atoms with Crippen LogP contribution in [0.4, 0.5) is 0 Å². The lowest BCUT2D eigenvalue weighted by molar-refractivity contribution is -0.144. The maximum atomic E-state index is 10.9. The second kappa shape index (κ2) is 5.23. The maximum absolute atomic E-state index is 10.9. The molecule has 3 rings (SSSR count). The van der Waals surface area contributed by atoms with Gasteiger partial charge in [0.15, 0.2) is 6.10 Å². The van der Waals surface area contributed by atoms with E-state index in [-0.39, 0.29) is 0 Å². The highest BCUT2D eigenvalue weighted by molar-refractivity contribution is 14.1. The van der Waals surface area contributed by atoms with E-state index in [1.54, 1.807) is 18.3 Å². The quantitative estimate of drug-likeness (QED) is 0.818. The lowest BCUT2D eigenvalue weighted by Crippen LogP contribution is -2.24. The van der Waals surface area contributed by atoms with Crippen molar-refractivity contribution in [3.63, 3.8) is 0 Å². The van der Waals surface area contributed by atoms with Crippen molar-refractivity contribution in [3.8, 4) is 17.4 Å². The van der Waals surface area contributed by atoms with Crippen LogP contribution in [0.15, 0.2) is 30.7 Å². The molecule has 1 aromatic carbocycles. The molecule has 2 aromatic rings. The van der Waals surface area contributed by atoms with Crippen LogP contribution in [0.5, 0.6) is 17.4 Å². The summed E-state index contributed by atoms with van der Waals surface area (Å²) in [6.45, 7) is 0. The Morgan fingerprint density at radius 3 is 3.10 bits per heavy atom. The van der Waals surface area contributed by atoms with Crippen LogP contribution < -0.4 is 9.47 Å². The van der Waals surface area contributed by atoms with Gasteiger partial charge in [-0.2, -0.15) is 0 Å². The number of rotatable bonds is 3. The molecule has 0 spiro atoms. The van der Waals surface area contributed by atoms with Crippen LogP contribution in [0, 0.1) is 3.57 Å². The molecular weight excluding hydrogens is 375 g/mol. The van der Waals surface area contributed by atoms with Gasteiger partial charge in [-0.05, 0) is 34.2 Å². The Kier molecular flexibility index (Phi) is 3.43. The van der Waals surface area contributed by atoms with E-state index in [2.05, 4.69) is 32.6 Å². The number of carboxylic acids is 1. The van der Waals surface area contributed by atoms with Crippen molar-refractivity contribution in [1.82, 2.24) is 9.97 Å². The Morgan fingerprint density at radius 2 is 2.35 bits per heavy atom. The van der Waals surface area contributed by atoms with Crippen LogP contribution in [-0.4, -0.2) is 27.1 Å². The number of fused-ring (bicyclic) bond motifs is 1. The fraction of sp³-hybridized carbons (Fsp3) is 0.154. The second-order valence-corrected chi connectivity index (χ2v) is 5.36. The third-order valence-corrected chi connectivity index (χ3v) is 3.58. The number of carboxylic acid groups (broad SMARTS) is 1. The summed E-state index contributed by atoms with van der Waals surface area (Å²) >= 11 is 2.08. The maximum Gasteiger partial charge on any atom is 0.345 e. The van der Waals surface area contributed by atoms with Gasteiger partial charge in [0.2, 0.25) is 5.88 Å². The first-order valence-corrected chi connectivity index (χ1v) is 6.87. The second-order valence-electron chi connectivity index (χ2n) is 4.20. The molecule has 1 aromatic heterocycles. The highest BCUT2D eigenvalue weighted by Gasteiger charge is 2.29. The average Bonchev–Trinajstić information content (AvgIpc) is 2.85. The van der Waals surface area contributed by atoms with E-state index >= 15 is 0 Å². The van der Waals surface area contributed by atoms with Crippen LogP contribution in [0.25, 0.3) is 0 Å². The molecule has 6 nitrogen and oxygen atoms in total.